The van der Waals surface area contributed by atoms with Gasteiger partial charge in [-0.3, -0.25) is 0 Å². The van der Waals surface area contributed by atoms with E-state index in [1.54, 1.807) is 0 Å². The van der Waals surface area contributed by atoms with Gasteiger partial charge in [-0.2, -0.15) is 0 Å². The van der Waals surface area contributed by atoms with Crippen LogP contribution < -0.4 is 21.7 Å². The molecule has 0 aliphatic heterocycles. The van der Waals surface area contributed by atoms with Crippen molar-refractivity contribution in [3.05, 3.63) is 53.9 Å². The van der Waals surface area contributed by atoms with E-state index in [1.807, 2.05) is 0 Å². The van der Waals surface area contributed by atoms with Crippen LogP contribution in [0.5, 0.6) is 0 Å². The van der Waals surface area contributed by atoms with Crippen LogP contribution in [0.25, 0.3) is 0 Å². The fourth-order valence-corrected chi connectivity index (χ4v) is 3.09. The van der Waals surface area contributed by atoms with E-state index in [1.165, 1.54) is 31.3 Å². The lowest BCUT2D eigenvalue weighted by molar-refractivity contribution is 0.654. The van der Waals surface area contributed by atoms with Crippen molar-refractivity contribution in [1.29, 1.82) is 0 Å². The normalized spacial score (nSPS) is 14.0. The summed E-state index contributed by atoms with van der Waals surface area (Å²) in [7, 11) is 0. The zero-order valence-electron chi connectivity index (χ0n) is 17.1. The van der Waals surface area contributed by atoms with Gasteiger partial charge in [0.25, 0.3) is 0 Å². The minimum atomic E-state index is 0.635. The average Bonchev–Trinajstić information content (AvgIpc) is 2.70. The topological polar surface area (TPSA) is 79.7 Å². The van der Waals surface area contributed by atoms with Crippen LogP contribution in [0.3, 0.4) is 0 Å². The Labute approximate surface area is 165 Å². The molecule has 0 saturated carbocycles. The first-order valence-corrected chi connectivity index (χ1v) is 10.1. The summed E-state index contributed by atoms with van der Waals surface area (Å²) >= 11 is 0. The molecule has 5 nitrogen and oxygen atoms in total. The van der Waals surface area contributed by atoms with Crippen LogP contribution in [0.4, 0.5) is 5.69 Å². The van der Waals surface area contributed by atoms with E-state index in [2.05, 4.69) is 66.0 Å². The Morgan fingerprint density at radius 2 is 1.89 bits per heavy atom. The van der Waals surface area contributed by atoms with Crippen molar-refractivity contribution in [3.8, 4) is 0 Å². The summed E-state index contributed by atoms with van der Waals surface area (Å²) in [6, 6.07) is 10.6. The maximum Gasteiger partial charge on any atom is 0.0856 e. The zero-order chi connectivity index (χ0) is 19.9. The number of anilines is 1. The summed E-state index contributed by atoms with van der Waals surface area (Å²) in [5.74, 6) is 0. The van der Waals surface area contributed by atoms with Gasteiger partial charge in [0.15, 0.2) is 0 Å². The zero-order valence-corrected chi connectivity index (χ0v) is 17.1. The van der Waals surface area contributed by atoms with Gasteiger partial charge in [-0.05, 0) is 63.3 Å². The Kier molecular flexibility index (Phi) is 11.7. The number of para-hydroxylation sites is 1. The highest BCUT2D eigenvalue weighted by molar-refractivity contribution is 5.54. The van der Waals surface area contributed by atoms with Crippen molar-refractivity contribution in [3.63, 3.8) is 0 Å². The van der Waals surface area contributed by atoms with Crippen LogP contribution in [-0.4, -0.2) is 32.5 Å². The summed E-state index contributed by atoms with van der Waals surface area (Å²) in [6.45, 7) is 12.4. The van der Waals surface area contributed by atoms with Crippen LogP contribution >= 0.6 is 0 Å². The number of likely N-dealkylation sites (N-methyl/N-ethyl adjacent to an activating group) is 1. The van der Waals surface area contributed by atoms with Crippen molar-refractivity contribution in [2.24, 2.45) is 16.5 Å². The van der Waals surface area contributed by atoms with Gasteiger partial charge in [0.2, 0.25) is 0 Å². The van der Waals surface area contributed by atoms with Gasteiger partial charge in [-0.15, -0.1) is 0 Å². The number of allylic oxidation sites excluding steroid dienone is 2. The van der Waals surface area contributed by atoms with Crippen LogP contribution in [0, 0.1) is 0 Å². The molecule has 1 aromatic carbocycles. The molecule has 1 aromatic rings. The van der Waals surface area contributed by atoms with Crippen LogP contribution in [0.2, 0.25) is 0 Å². The van der Waals surface area contributed by atoms with Gasteiger partial charge in [0.1, 0.15) is 0 Å². The van der Waals surface area contributed by atoms with Crippen molar-refractivity contribution in [2.45, 2.75) is 46.0 Å². The van der Waals surface area contributed by atoms with Crippen molar-refractivity contribution < 1.29 is 0 Å². The summed E-state index contributed by atoms with van der Waals surface area (Å²) in [5, 5.41) is 3.43. The second kappa shape index (κ2) is 13.9. The number of nitrogens with one attached hydrogen (secondary N) is 1. The van der Waals surface area contributed by atoms with E-state index >= 15 is 0 Å². The highest BCUT2D eigenvalue weighted by Crippen LogP contribution is 2.27. The lowest BCUT2D eigenvalue weighted by Gasteiger charge is -2.23. The van der Waals surface area contributed by atoms with Crippen molar-refractivity contribution in [1.82, 2.24) is 5.32 Å². The van der Waals surface area contributed by atoms with Gasteiger partial charge in [0.05, 0.1) is 6.34 Å². The largest absolute Gasteiger partial charge is 0.399 e. The summed E-state index contributed by atoms with van der Waals surface area (Å²) in [5.41, 5.74) is 14.9. The first-order chi connectivity index (χ1) is 13.1. The number of nitrogens with two attached hydrogens (primary N) is 2. The second-order valence-electron chi connectivity index (χ2n) is 6.60. The Balaban J connectivity index is 0.000000277. The maximum absolute atomic E-state index is 5.62. The molecule has 0 amide bonds. The molecule has 0 unspecified atom stereocenters. The fraction of sp³-hybridized carbons (Fsp3) is 0.500. The smallest absolute Gasteiger partial charge is 0.0856 e. The molecule has 0 spiro atoms. The summed E-state index contributed by atoms with van der Waals surface area (Å²) < 4.78 is 0. The van der Waals surface area contributed by atoms with E-state index in [-0.39, 0.29) is 0 Å². The third kappa shape index (κ3) is 8.78. The highest BCUT2D eigenvalue weighted by Gasteiger charge is 2.12. The first-order valence-electron chi connectivity index (χ1n) is 10.1. The van der Waals surface area contributed by atoms with Crippen LogP contribution in [0.1, 0.15) is 46.0 Å². The molecule has 5 N–H and O–H groups in total. The van der Waals surface area contributed by atoms with E-state index in [0.717, 1.165) is 50.3 Å². The van der Waals surface area contributed by atoms with Crippen LogP contribution in [-0.2, 0) is 0 Å². The standard InChI is InChI=1S/C13H22N2.C9H15N3/c1-3-10-14-11-12-15(4-2)13-8-6-5-7-9-13;1-7(11)8-4-2-3-5-9(8)12-6-10/h5-9,14H,3-4,10-12H2,1-2H3;6H,1-5,11H2,(H2,10,12). The fourth-order valence-electron chi connectivity index (χ4n) is 3.09. The van der Waals surface area contributed by atoms with Crippen molar-refractivity contribution in [2.75, 3.05) is 31.1 Å². The lowest BCUT2D eigenvalue weighted by atomic mass is 9.95. The number of nitrogens with zero attached hydrogens (tertiary/aromatic N) is 2. The summed E-state index contributed by atoms with van der Waals surface area (Å²) in [6.07, 6.45) is 6.83. The predicted molar refractivity (Wildman–Crippen MR) is 119 cm³/mol. The molecule has 0 radical (unpaired) electrons. The van der Waals surface area contributed by atoms with Gasteiger partial charge in [-0.1, -0.05) is 31.7 Å². The summed E-state index contributed by atoms with van der Waals surface area (Å²) in [4.78, 5) is 6.47. The van der Waals surface area contributed by atoms with Gasteiger partial charge in [-0.25, -0.2) is 4.99 Å². The Morgan fingerprint density at radius 3 is 2.48 bits per heavy atom. The van der Waals surface area contributed by atoms with Crippen molar-refractivity contribution >= 4 is 12.0 Å². The highest BCUT2D eigenvalue weighted by atomic mass is 15.1. The molecule has 5 heteroatoms. The molecule has 150 valence electrons. The third-order valence-corrected chi connectivity index (χ3v) is 4.55. The second-order valence-corrected chi connectivity index (χ2v) is 6.60. The van der Waals surface area contributed by atoms with Gasteiger partial charge < -0.3 is 21.7 Å². The number of aliphatic imine (C=N–C) groups is 1. The minimum Gasteiger partial charge on any atom is -0.399 e. The maximum atomic E-state index is 5.62. The average molecular weight is 372 g/mol. The monoisotopic (exact) mass is 371 g/mol. The number of hydrogen-bond acceptors (Lipinski definition) is 4. The van der Waals surface area contributed by atoms with Crippen LogP contribution in [0.15, 0.2) is 58.9 Å². The molecule has 1 aliphatic carbocycles. The Hall–Kier alpha value is -2.27. The molecule has 0 fully saturated rings. The molecule has 0 saturated heterocycles. The molecule has 0 aromatic heterocycles. The molecule has 0 atom stereocenters. The lowest BCUT2D eigenvalue weighted by Crippen LogP contribution is -2.32. The number of hydrogen-bond donors (Lipinski definition) is 3. The number of benzene rings is 1. The minimum absolute atomic E-state index is 0.635. The molecule has 2 rings (SSSR count). The van der Waals surface area contributed by atoms with Gasteiger partial charge >= 0.3 is 0 Å². The predicted octanol–water partition coefficient (Wildman–Crippen LogP) is 3.79. The molecular formula is C22H37N5. The quantitative estimate of drug-likeness (QED) is 0.350. The molecular weight excluding hydrogens is 334 g/mol. The van der Waals surface area contributed by atoms with E-state index in [9.17, 15) is 0 Å². The van der Waals surface area contributed by atoms with Gasteiger partial charge in [0, 0.05) is 36.7 Å². The Bertz CT molecular complexity index is 592. The van der Waals surface area contributed by atoms with E-state index in [4.69, 9.17) is 11.5 Å². The molecule has 27 heavy (non-hydrogen) atoms. The number of rotatable bonds is 9. The molecule has 0 heterocycles. The first kappa shape index (κ1) is 22.8. The van der Waals surface area contributed by atoms with E-state index in [0.29, 0.717) is 5.70 Å². The molecule has 0 bridgehead atoms. The van der Waals surface area contributed by atoms with E-state index < -0.39 is 0 Å². The molecule has 1 aliphatic rings. The third-order valence-electron chi connectivity index (χ3n) is 4.55. The Morgan fingerprint density at radius 1 is 1.19 bits per heavy atom. The SMILES string of the molecule is C=C(N)C1=C(N=CN)CCCC1.CCCNCCN(CC)c1ccccc1.